The molecule has 4 aromatic rings. The Labute approximate surface area is 169 Å². The number of halogens is 1. The first-order valence-electron chi connectivity index (χ1n) is 8.67. The third-order valence-electron chi connectivity index (χ3n) is 4.29. The van der Waals surface area contributed by atoms with Gasteiger partial charge in [0.1, 0.15) is 34.0 Å². The van der Waals surface area contributed by atoms with Crippen LogP contribution in [0.1, 0.15) is 11.3 Å². The van der Waals surface area contributed by atoms with Crippen molar-refractivity contribution in [1.29, 1.82) is 5.26 Å². The molecule has 4 rings (SSSR count). The molecule has 2 heterocycles. The minimum atomic E-state index is -0.402. The molecule has 0 bridgehead atoms. The lowest BCUT2D eigenvalue weighted by molar-refractivity contribution is 0.480. The van der Waals surface area contributed by atoms with Crippen LogP contribution < -0.4 is 10.3 Å². The number of thiazole rings is 1. The molecule has 0 aliphatic heterocycles. The number of aromatic amines is 1. The quantitative estimate of drug-likeness (QED) is 0.503. The maximum Gasteiger partial charge on any atom is 0.266 e. The lowest BCUT2D eigenvalue weighted by Crippen LogP contribution is -2.11. The molecule has 7 heteroatoms. The van der Waals surface area contributed by atoms with Gasteiger partial charge in [-0.05, 0) is 61.5 Å². The van der Waals surface area contributed by atoms with Gasteiger partial charge in [-0.3, -0.25) is 4.79 Å². The second-order valence-electron chi connectivity index (χ2n) is 6.28. The van der Waals surface area contributed by atoms with Crippen LogP contribution >= 0.6 is 11.3 Å². The van der Waals surface area contributed by atoms with Crippen LogP contribution in [0.2, 0.25) is 0 Å². The van der Waals surface area contributed by atoms with Crippen molar-refractivity contribution in [1.82, 2.24) is 9.97 Å². The van der Waals surface area contributed by atoms with Crippen molar-refractivity contribution >= 4 is 11.3 Å². The van der Waals surface area contributed by atoms with Crippen LogP contribution in [0.15, 0.2) is 64.8 Å². The number of nitrogens with zero attached hydrogens (tertiary/aromatic N) is 2. The molecular formula is C22H14FN3O2S. The van der Waals surface area contributed by atoms with E-state index in [2.05, 4.69) is 9.97 Å². The molecule has 0 amide bonds. The molecule has 0 spiro atoms. The lowest BCUT2D eigenvalue weighted by Gasteiger charge is -2.06. The zero-order valence-electron chi connectivity index (χ0n) is 15.3. The molecule has 0 unspecified atom stereocenters. The van der Waals surface area contributed by atoms with Crippen molar-refractivity contribution in [3.63, 3.8) is 0 Å². The number of H-pyrrole nitrogens is 1. The van der Waals surface area contributed by atoms with E-state index in [9.17, 15) is 9.18 Å². The van der Waals surface area contributed by atoms with Crippen molar-refractivity contribution in [3.05, 3.63) is 87.4 Å². The molecule has 5 nitrogen and oxygen atoms in total. The molecule has 29 heavy (non-hydrogen) atoms. The van der Waals surface area contributed by atoms with Gasteiger partial charge < -0.3 is 9.72 Å². The number of hydrogen-bond donors (Lipinski definition) is 1. The smallest absolute Gasteiger partial charge is 0.266 e. The standard InChI is InChI=1S/C22H14FN3O2S/c1-13-19(10-15(11-24)21(27)25-13)20-12-29-22(26-20)14-2-6-17(7-3-14)28-18-8-4-16(23)5-9-18/h2-10,12H,1H3,(H,25,27). The van der Waals surface area contributed by atoms with Gasteiger partial charge >= 0.3 is 0 Å². The number of ether oxygens (including phenoxy) is 1. The maximum absolute atomic E-state index is 13.0. The number of rotatable bonds is 4. The van der Waals surface area contributed by atoms with E-state index < -0.39 is 5.56 Å². The van der Waals surface area contributed by atoms with E-state index >= 15 is 0 Å². The Morgan fingerprint density at radius 3 is 2.41 bits per heavy atom. The largest absolute Gasteiger partial charge is 0.457 e. The van der Waals surface area contributed by atoms with E-state index in [1.165, 1.54) is 23.5 Å². The SMILES string of the molecule is Cc1[nH]c(=O)c(C#N)cc1-c1csc(-c2ccc(Oc3ccc(F)cc3)cc2)n1. The van der Waals surface area contributed by atoms with E-state index in [1.807, 2.05) is 35.7 Å². The first-order chi connectivity index (χ1) is 14.0. The Bertz CT molecular complexity index is 1270. The zero-order chi connectivity index (χ0) is 20.4. The second kappa shape index (κ2) is 7.70. The summed E-state index contributed by atoms with van der Waals surface area (Å²) >= 11 is 1.47. The molecular weight excluding hydrogens is 389 g/mol. The summed E-state index contributed by atoms with van der Waals surface area (Å²) in [5, 5.41) is 11.8. The number of nitrogens with one attached hydrogen (secondary N) is 1. The van der Waals surface area contributed by atoms with Gasteiger partial charge in [-0.2, -0.15) is 5.26 Å². The van der Waals surface area contributed by atoms with Crippen LogP contribution in [0, 0.1) is 24.1 Å². The average molecular weight is 403 g/mol. The van der Waals surface area contributed by atoms with Crippen LogP contribution in [-0.2, 0) is 0 Å². The summed E-state index contributed by atoms with van der Waals surface area (Å²) in [6, 6.07) is 16.7. The molecule has 0 aliphatic rings. The summed E-state index contributed by atoms with van der Waals surface area (Å²) in [6.45, 7) is 1.78. The van der Waals surface area contributed by atoms with E-state index in [-0.39, 0.29) is 11.4 Å². The highest BCUT2D eigenvalue weighted by atomic mass is 32.1. The summed E-state index contributed by atoms with van der Waals surface area (Å²) in [7, 11) is 0. The van der Waals surface area contributed by atoms with Gasteiger partial charge in [0.25, 0.3) is 5.56 Å². The molecule has 2 aromatic heterocycles. The Kier molecular flexibility index (Phi) is 4.94. The summed E-state index contributed by atoms with van der Waals surface area (Å²) in [4.78, 5) is 19.1. The Morgan fingerprint density at radius 2 is 1.76 bits per heavy atom. The summed E-state index contributed by atoms with van der Waals surface area (Å²) in [6.07, 6.45) is 0. The van der Waals surface area contributed by atoms with E-state index in [0.717, 1.165) is 16.1 Å². The van der Waals surface area contributed by atoms with Crippen molar-refractivity contribution in [2.45, 2.75) is 6.92 Å². The van der Waals surface area contributed by atoms with E-state index in [4.69, 9.17) is 10.00 Å². The van der Waals surface area contributed by atoms with Crippen LogP contribution in [0.4, 0.5) is 4.39 Å². The predicted octanol–water partition coefficient (Wildman–Crippen LogP) is 5.28. The Morgan fingerprint density at radius 1 is 1.10 bits per heavy atom. The molecule has 2 aromatic carbocycles. The van der Waals surface area contributed by atoms with Gasteiger partial charge in [0, 0.05) is 22.2 Å². The molecule has 0 fully saturated rings. The number of aromatic nitrogens is 2. The highest BCUT2D eigenvalue weighted by molar-refractivity contribution is 7.13. The molecule has 0 aliphatic carbocycles. The zero-order valence-corrected chi connectivity index (χ0v) is 16.1. The van der Waals surface area contributed by atoms with Gasteiger partial charge in [-0.15, -0.1) is 11.3 Å². The molecule has 142 valence electrons. The summed E-state index contributed by atoms with van der Waals surface area (Å²) in [5.74, 6) is 0.872. The Balaban J connectivity index is 1.58. The first kappa shape index (κ1) is 18.6. The van der Waals surface area contributed by atoms with Gasteiger partial charge in [0.15, 0.2) is 0 Å². The number of pyridine rings is 1. The van der Waals surface area contributed by atoms with Crippen molar-refractivity contribution < 1.29 is 9.13 Å². The van der Waals surface area contributed by atoms with Gasteiger partial charge in [0.2, 0.25) is 0 Å². The lowest BCUT2D eigenvalue weighted by atomic mass is 10.1. The molecule has 0 saturated carbocycles. The topological polar surface area (TPSA) is 78.8 Å². The van der Waals surface area contributed by atoms with Crippen LogP contribution in [0.3, 0.4) is 0 Å². The molecule has 0 saturated heterocycles. The highest BCUT2D eigenvalue weighted by Gasteiger charge is 2.12. The van der Waals surface area contributed by atoms with Gasteiger partial charge in [-0.1, -0.05) is 0 Å². The number of hydrogen-bond acceptors (Lipinski definition) is 5. The monoisotopic (exact) mass is 403 g/mol. The normalized spacial score (nSPS) is 10.5. The number of aryl methyl sites for hydroxylation is 1. The highest BCUT2D eigenvalue weighted by Crippen LogP contribution is 2.31. The fraction of sp³-hybridized carbons (Fsp3) is 0.0455. The van der Waals surface area contributed by atoms with E-state index in [1.54, 1.807) is 25.1 Å². The molecule has 0 atom stereocenters. The van der Waals surface area contributed by atoms with Crippen molar-refractivity contribution in [2.24, 2.45) is 0 Å². The number of nitriles is 1. The van der Waals surface area contributed by atoms with E-state index in [0.29, 0.717) is 22.9 Å². The maximum atomic E-state index is 13.0. The second-order valence-corrected chi connectivity index (χ2v) is 7.14. The first-order valence-corrected chi connectivity index (χ1v) is 9.55. The van der Waals surface area contributed by atoms with Crippen LogP contribution in [-0.4, -0.2) is 9.97 Å². The average Bonchev–Trinajstić information content (AvgIpc) is 3.20. The minimum absolute atomic E-state index is 0.0578. The van der Waals surface area contributed by atoms with Crippen molar-refractivity contribution in [3.8, 4) is 39.4 Å². The molecule has 1 N–H and O–H groups in total. The fourth-order valence-corrected chi connectivity index (χ4v) is 3.63. The van der Waals surface area contributed by atoms with Gasteiger partial charge in [-0.25, -0.2) is 9.37 Å². The third-order valence-corrected chi connectivity index (χ3v) is 5.18. The van der Waals surface area contributed by atoms with Gasteiger partial charge in [0.05, 0.1) is 5.69 Å². The summed E-state index contributed by atoms with van der Waals surface area (Å²) in [5.41, 5.74) is 2.65. The third kappa shape index (κ3) is 3.93. The van der Waals surface area contributed by atoms with Crippen LogP contribution in [0.5, 0.6) is 11.5 Å². The van der Waals surface area contributed by atoms with Crippen molar-refractivity contribution in [2.75, 3.05) is 0 Å². The number of benzene rings is 2. The fourth-order valence-electron chi connectivity index (χ4n) is 2.81. The predicted molar refractivity (Wildman–Crippen MR) is 110 cm³/mol. The Hall–Kier alpha value is -3.76. The van der Waals surface area contributed by atoms with Crippen LogP contribution in [0.25, 0.3) is 21.8 Å². The minimum Gasteiger partial charge on any atom is -0.457 e. The summed E-state index contributed by atoms with van der Waals surface area (Å²) < 4.78 is 18.7. The molecule has 0 radical (unpaired) electrons.